The van der Waals surface area contributed by atoms with Crippen LogP contribution in [-0.4, -0.2) is 20.1 Å². The van der Waals surface area contributed by atoms with E-state index in [1.54, 1.807) is 13.2 Å². The Morgan fingerprint density at radius 3 is 2.82 bits per heavy atom. The first-order valence-electron chi connectivity index (χ1n) is 5.04. The molecule has 0 radical (unpaired) electrons. The number of aliphatic hydroxyl groups excluding tert-OH is 1. The number of aryl methyl sites for hydroxylation is 1. The van der Waals surface area contributed by atoms with E-state index >= 15 is 0 Å². The predicted molar refractivity (Wildman–Crippen MR) is 56.0 cm³/mol. The van der Waals surface area contributed by atoms with E-state index in [2.05, 4.69) is 10.3 Å². The highest BCUT2D eigenvalue weighted by Crippen LogP contribution is 2.21. The monoisotopic (exact) mass is 239 g/mol. The molecule has 1 heterocycles. The van der Waals surface area contributed by atoms with Crippen molar-refractivity contribution in [3.63, 3.8) is 0 Å². The van der Waals surface area contributed by atoms with E-state index in [1.165, 1.54) is 4.68 Å². The molecule has 0 aliphatic rings. The van der Waals surface area contributed by atoms with Gasteiger partial charge in [0.15, 0.2) is 0 Å². The van der Waals surface area contributed by atoms with Crippen molar-refractivity contribution in [1.29, 1.82) is 0 Å². The Bertz CT molecular complexity index is 527. The largest absolute Gasteiger partial charge is 0.388 e. The number of nitrogens with zero attached hydrogens (tertiary/aromatic N) is 3. The average molecular weight is 239 g/mol. The summed E-state index contributed by atoms with van der Waals surface area (Å²) >= 11 is 0. The van der Waals surface area contributed by atoms with Crippen molar-refractivity contribution in [2.45, 2.75) is 12.5 Å². The van der Waals surface area contributed by atoms with Crippen molar-refractivity contribution in [2.24, 2.45) is 7.05 Å². The van der Waals surface area contributed by atoms with E-state index in [9.17, 15) is 13.9 Å². The zero-order chi connectivity index (χ0) is 12.4. The van der Waals surface area contributed by atoms with Gasteiger partial charge in [0.25, 0.3) is 0 Å². The van der Waals surface area contributed by atoms with Gasteiger partial charge in [-0.05, 0) is 18.2 Å². The smallest absolute Gasteiger partial charge is 0.129 e. The van der Waals surface area contributed by atoms with Crippen LogP contribution in [0.5, 0.6) is 0 Å². The summed E-state index contributed by atoms with van der Waals surface area (Å²) in [6, 6.07) is 2.98. The minimum Gasteiger partial charge on any atom is -0.388 e. The highest BCUT2D eigenvalue weighted by atomic mass is 19.1. The Morgan fingerprint density at radius 2 is 2.18 bits per heavy atom. The molecular weight excluding hydrogens is 228 g/mol. The van der Waals surface area contributed by atoms with Gasteiger partial charge in [0.05, 0.1) is 11.8 Å². The second-order valence-corrected chi connectivity index (χ2v) is 3.77. The van der Waals surface area contributed by atoms with Crippen molar-refractivity contribution in [3.05, 3.63) is 47.3 Å². The van der Waals surface area contributed by atoms with E-state index in [-0.39, 0.29) is 12.0 Å². The van der Waals surface area contributed by atoms with Crippen LogP contribution in [0.4, 0.5) is 8.78 Å². The number of aromatic nitrogens is 3. The normalized spacial score (nSPS) is 12.7. The first-order valence-corrected chi connectivity index (χ1v) is 5.04. The van der Waals surface area contributed by atoms with Gasteiger partial charge in [-0.15, -0.1) is 5.10 Å². The highest BCUT2D eigenvalue weighted by Gasteiger charge is 2.15. The molecule has 1 unspecified atom stereocenters. The standard InChI is InChI=1S/C11H11F2N3O/c1-16-6-8(14-15-16)5-11(17)9-4-7(12)2-3-10(9)13/h2-4,6,11,17H,5H2,1H3. The number of hydrogen-bond donors (Lipinski definition) is 1. The quantitative estimate of drug-likeness (QED) is 0.880. The van der Waals surface area contributed by atoms with Crippen molar-refractivity contribution in [1.82, 2.24) is 15.0 Å². The number of rotatable bonds is 3. The molecule has 0 bridgehead atoms. The summed E-state index contributed by atoms with van der Waals surface area (Å²) in [5.74, 6) is -1.22. The van der Waals surface area contributed by atoms with Gasteiger partial charge in [-0.2, -0.15) is 0 Å². The lowest BCUT2D eigenvalue weighted by Crippen LogP contribution is -2.05. The van der Waals surface area contributed by atoms with Gasteiger partial charge in [-0.1, -0.05) is 5.21 Å². The van der Waals surface area contributed by atoms with E-state index in [1.807, 2.05) is 0 Å². The molecule has 1 N–H and O–H groups in total. The number of aliphatic hydroxyl groups is 1. The van der Waals surface area contributed by atoms with Crippen molar-refractivity contribution in [2.75, 3.05) is 0 Å². The molecule has 0 fully saturated rings. The molecule has 6 heteroatoms. The fraction of sp³-hybridized carbons (Fsp3) is 0.273. The molecule has 4 nitrogen and oxygen atoms in total. The van der Waals surface area contributed by atoms with Crippen molar-refractivity contribution < 1.29 is 13.9 Å². The summed E-state index contributed by atoms with van der Waals surface area (Å²) in [7, 11) is 1.69. The molecule has 1 aromatic carbocycles. The van der Waals surface area contributed by atoms with Crippen LogP contribution in [0, 0.1) is 11.6 Å². The second kappa shape index (κ2) is 4.58. The summed E-state index contributed by atoms with van der Waals surface area (Å²) in [4.78, 5) is 0. The second-order valence-electron chi connectivity index (χ2n) is 3.77. The summed E-state index contributed by atoms with van der Waals surface area (Å²) < 4.78 is 27.8. The Labute approximate surface area is 96.5 Å². The zero-order valence-corrected chi connectivity index (χ0v) is 9.14. The molecule has 17 heavy (non-hydrogen) atoms. The van der Waals surface area contributed by atoms with Crippen LogP contribution >= 0.6 is 0 Å². The third kappa shape index (κ3) is 2.65. The van der Waals surface area contributed by atoms with E-state index in [4.69, 9.17) is 0 Å². The van der Waals surface area contributed by atoms with Crippen LogP contribution in [0.1, 0.15) is 17.4 Å². The maximum Gasteiger partial charge on any atom is 0.129 e. The molecule has 0 aliphatic carbocycles. The minimum atomic E-state index is -1.14. The van der Waals surface area contributed by atoms with Crippen LogP contribution in [0.3, 0.4) is 0 Å². The molecular formula is C11H11F2N3O. The number of halogens is 2. The van der Waals surface area contributed by atoms with Gasteiger partial charge in [0.1, 0.15) is 11.6 Å². The lowest BCUT2D eigenvalue weighted by atomic mass is 10.0. The zero-order valence-electron chi connectivity index (χ0n) is 9.14. The molecule has 0 aliphatic heterocycles. The maximum absolute atomic E-state index is 13.4. The summed E-state index contributed by atoms with van der Waals surface area (Å²) in [5, 5.41) is 17.3. The lowest BCUT2D eigenvalue weighted by molar-refractivity contribution is 0.172. The van der Waals surface area contributed by atoms with Crippen LogP contribution < -0.4 is 0 Å². The molecule has 0 spiro atoms. The van der Waals surface area contributed by atoms with Gasteiger partial charge >= 0.3 is 0 Å². The van der Waals surface area contributed by atoms with Gasteiger partial charge in [0.2, 0.25) is 0 Å². The van der Waals surface area contributed by atoms with Gasteiger partial charge in [-0.25, -0.2) is 8.78 Å². The third-order valence-corrected chi connectivity index (χ3v) is 2.37. The van der Waals surface area contributed by atoms with Gasteiger partial charge < -0.3 is 5.11 Å². The Hall–Kier alpha value is -1.82. The van der Waals surface area contributed by atoms with Gasteiger partial charge in [-0.3, -0.25) is 4.68 Å². The Balaban J connectivity index is 2.19. The van der Waals surface area contributed by atoms with Crippen LogP contribution in [0.2, 0.25) is 0 Å². The molecule has 0 saturated carbocycles. The fourth-order valence-corrected chi connectivity index (χ4v) is 1.57. The van der Waals surface area contributed by atoms with Crippen molar-refractivity contribution in [3.8, 4) is 0 Å². The summed E-state index contributed by atoms with van der Waals surface area (Å²) in [6.07, 6.45) is 0.566. The van der Waals surface area contributed by atoms with Crippen LogP contribution in [-0.2, 0) is 13.5 Å². The maximum atomic E-state index is 13.4. The van der Waals surface area contributed by atoms with Crippen molar-refractivity contribution >= 4 is 0 Å². The Morgan fingerprint density at radius 1 is 1.41 bits per heavy atom. The van der Waals surface area contributed by atoms with E-state index in [0.29, 0.717) is 5.69 Å². The molecule has 2 aromatic rings. The summed E-state index contributed by atoms with van der Waals surface area (Å²) in [6.45, 7) is 0. The van der Waals surface area contributed by atoms with E-state index in [0.717, 1.165) is 18.2 Å². The van der Waals surface area contributed by atoms with E-state index < -0.39 is 17.7 Å². The van der Waals surface area contributed by atoms with Crippen LogP contribution in [0.15, 0.2) is 24.4 Å². The lowest BCUT2D eigenvalue weighted by Gasteiger charge is -2.10. The molecule has 0 saturated heterocycles. The number of hydrogen-bond acceptors (Lipinski definition) is 3. The third-order valence-electron chi connectivity index (χ3n) is 2.37. The molecule has 90 valence electrons. The van der Waals surface area contributed by atoms with Gasteiger partial charge in [0, 0.05) is 25.2 Å². The highest BCUT2D eigenvalue weighted by molar-refractivity contribution is 5.22. The number of benzene rings is 1. The Kier molecular flexibility index (Phi) is 3.14. The molecule has 0 amide bonds. The predicted octanol–water partition coefficient (Wildman–Crippen LogP) is 1.37. The molecule has 1 atom stereocenters. The average Bonchev–Trinajstić information content (AvgIpc) is 2.67. The minimum absolute atomic E-state index is 0.0735. The SMILES string of the molecule is Cn1cc(CC(O)c2cc(F)ccc2F)nn1. The fourth-order valence-electron chi connectivity index (χ4n) is 1.57. The molecule has 2 rings (SSSR count). The molecule has 1 aromatic heterocycles. The first-order chi connectivity index (χ1) is 8.06. The first kappa shape index (κ1) is 11.7. The topological polar surface area (TPSA) is 50.9 Å². The summed E-state index contributed by atoms with van der Waals surface area (Å²) in [5.41, 5.74) is 0.444. The van der Waals surface area contributed by atoms with Crippen LogP contribution in [0.25, 0.3) is 0 Å².